The summed E-state index contributed by atoms with van der Waals surface area (Å²) in [4.78, 5) is 21.8. The van der Waals surface area contributed by atoms with Crippen molar-refractivity contribution in [2.45, 2.75) is 6.61 Å². The van der Waals surface area contributed by atoms with Crippen molar-refractivity contribution in [3.63, 3.8) is 0 Å². The van der Waals surface area contributed by atoms with Crippen LogP contribution in [0.5, 0.6) is 0 Å². The maximum atomic E-state index is 11.8. The minimum atomic E-state index is -0.640. The fraction of sp³-hybridized carbons (Fsp3) is 0.118. The number of nitrogens with zero attached hydrogens (tertiary/aromatic N) is 1. The van der Waals surface area contributed by atoms with Crippen LogP contribution in [-0.2, 0) is 16.5 Å². The van der Waals surface area contributed by atoms with Gasteiger partial charge in [-0.15, -0.1) is 0 Å². The second-order valence-corrected chi connectivity index (χ2v) is 4.82. The van der Waals surface area contributed by atoms with Crippen LogP contribution in [0.4, 0.5) is 16.2 Å². The lowest BCUT2D eigenvalue weighted by Gasteiger charge is -2.07. The van der Waals surface area contributed by atoms with Crippen molar-refractivity contribution in [2.24, 2.45) is 0 Å². The number of anilines is 1. The molecule has 0 bridgehead atoms. The molecule has 0 fully saturated rings. The molecule has 1 amide bonds. The Kier molecular flexibility index (Phi) is 6.04. The first-order chi connectivity index (χ1) is 11.6. The van der Waals surface area contributed by atoms with Crippen LogP contribution in [0.1, 0.15) is 11.1 Å². The molecular weight excluding hydrogens is 312 g/mol. The van der Waals surface area contributed by atoms with Crippen molar-refractivity contribution < 1.29 is 19.6 Å². The molecule has 0 saturated heterocycles. The number of carbonyl (C=O) groups excluding carboxylic acids is 1. The zero-order valence-corrected chi connectivity index (χ0v) is 12.7. The summed E-state index contributed by atoms with van der Waals surface area (Å²) >= 11 is 0. The number of carbonyl (C=O) groups is 1. The van der Waals surface area contributed by atoms with E-state index in [9.17, 15) is 20.0 Å². The van der Waals surface area contributed by atoms with E-state index >= 15 is 0 Å². The highest BCUT2D eigenvalue weighted by Crippen LogP contribution is 2.14. The molecule has 0 saturated carbocycles. The molecular formula is C17H15N2O5. The monoisotopic (exact) mass is 327 g/mol. The first kappa shape index (κ1) is 17.2. The second kappa shape index (κ2) is 8.44. The van der Waals surface area contributed by atoms with E-state index in [-0.39, 0.29) is 18.9 Å². The highest BCUT2D eigenvalue weighted by atomic mass is 16.6. The molecule has 1 N–H and O–H groups in total. The summed E-state index contributed by atoms with van der Waals surface area (Å²) in [6.45, 7) is -0.311. The summed E-state index contributed by atoms with van der Waals surface area (Å²) in [5.74, 6) is 0. The minimum absolute atomic E-state index is 0.000394. The van der Waals surface area contributed by atoms with Crippen LogP contribution in [0, 0.1) is 10.1 Å². The molecule has 0 aromatic heterocycles. The molecule has 0 atom stereocenters. The quantitative estimate of drug-likeness (QED) is 0.644. The van der Waals surface area contributed by atoms with Gasteiger partial charge in [-0.05, 0) is 35.4 Å². The third-order valence-electron chi connectivity index (χ3n) is 3.06. The van der Waals surface area contributed by atoms with Crippen molar-refractivity contribution in [1.82, 2.24) is 0 Å². The summed E-state index contributed by atoms with van der Waals surface area (Å²) in [6.07, 6.45) is 2.50. The van der Waals surface area contributed by atoms with Crippen molar-refractivity contribution in [1.29, 1.82) is 0 Å². The van der Waals surface area contributed by atoms with Gasteiger partial charge in [0.25, 0.3) is 5.69 Å². The van der Waals surface area contributed by atoms with Crippen molar-refractivity contribution >= 4 is 23.5 Å². The highest BCUT2D eigenvalue weighted by molar-refractivity contribution is 5.85. The summed E-state index contributed by atoms with van der Waals surface area (Å²) in [6, 6.07) is 12.7. The van der Waals surface area contributed by atoms with Crippen LogP contribution in [0.15, 0.2) is 54.6 Å². The molecule has 2 aromatic rings. The van der Waals surface area contributed by atoms with Gasteiger partial charge in [-0.25, -0.2) is 9.90 Å². The number of nitro groups is 1. The lowest BCUT2D eigenvalue weighted by molar-refractivity contribution is -0.384. The Hall–Kier alpha value is -3.19. The summed E-state index contributed by atoms with van der Waals surface area (Å²) < 4.78 is 5.07. The van der Waals surface area contributed by atoms with Crippen LogP contribution in [-0.4, -0.2) is 17.6 Å². The SMILES string of the molecule is [O]C/C=C/c1cccc(NC(=O)OCc2ccc([N+](=O)[O-])cc2)c1. The molecule has 0 spiro atoms. The number of amides is 1. The third-order valence-corrected chi connectivity index (χ3v) is 3.06. The number of nitro benzene ring substituents is 1. The molecule has 1 radical (unpaired) electrons. The van der Waals surface area contributed by atoms with Gasteiger partial charge < -0.3 is 4.74 Å². The summed E-state index contributed by atoms with van der Waals surface area (Å²) in [5.41, 5.74) is 1.95. The Morgan fingerprint density at radius 1 is 1.21 bits per heavy atom. The summed E-state index contributed by atoms with van der Waals surface area (Å²) in [7, 11) is 0. The van der Waals surface area contributed by atoms with Gasteiger partial charge in [0.1, 0.15) is 13.2 Å². The average molecular weight is 327 g/mol. The maximum absolute atomic E-state index is 11.8. The zero-order chi connectivity index (χ0) is 17.4. The fourth-order valence-corrected chi connectivity index (χ4v) is 1.92. The van der Waals surface area contributed by atoms with Crippen LogP contribution in [0.3, 0.4) is 0 Å². The predicted molar refractivity (Wildman–Crippen MR) is 87.9 cm³/mol. The van der Waals surface area contributed by atoms with Gasteiger partial charge >= 0.3 is 6.09 Å². The smallest absolute Gasteiger partial charge is 0.411 e. The van der Waals surface area contributed by atoms with Gasteiger partial charge in [0.2, 0.25) is 0 Å². The van der Waals surface area contributed by atoms with E-state index in [4.69, 9.17) is 4.74 Å². The maximum Gasteiger partial charge on any atom is 0.411 e. The van der Waals surface area contributed by atoms with Gasteiger partial charge in [-0.1, -0.05) is 24.3 Å². The largest absolute Gasteiger partial charge is 0.444 e. The molecule has 7 nitrogen and oxygen atoms in total. The topological polar surface area (TPSA) is 101 Å². The van der Waals surface area contributed by atoms with Crippen LogP contribution < -0.4 is 5.32 Å². The van der Waals surface area contributed by atoms with E-state index < -0.39 is 11.0 Å². The molecule has 7 heteroatoms. The molecule has 0 unspecified atom stereocenters. The van der Waals surface area contributed by atoms with Crippen molar-refractivity contribution in [3.8, 4) is 0 Å². The number of nitrogens with one attached hydrogen (secondary N) is 1. The first-order valence-electron chi connectivity index (χ1n) is 7.10. The number of hydrogen-bond donors (Lipinski definition) is 1. The van der Waals surface area contributed by atoms with Gasteiger partial charge in [0, 0.05) is 17.8 Å². The minimum Gasteiger partial charge on any atom is -0.444 e. The number of non-ortho nitro benzene ring substituents is 1. The van der Waals surface area contributed by atoms with E-state index in [2.05, 4.69) is 5.32 Å². The zero-order valence-electron chi connectivity index (χ0n) is 12.7. The van der Waals surface area contributed by atoms with E-state index in [1.165, 1.54) is 30.3 Å². The Labute approximate surface area is 138 Å². The number of rotatable bonds is 6. The normalized spacial score (nSPS) is 10.5. The predicted octanol–water partition coefficient (Wildman–Crippen LogP) is 3.79. The van der Waals surface area contributed by atoms with Crippen molar-refractivity contribution in [2.75, 3.05) is 11.9 Å². The second-order valence-electron chi connectivity index (χ2n) is 4.82. The molecule has 24 heavy (non-hydrogen) atoms. The lowest BCUT2D eigenvalue weighted by Crippen LogP contribution is -2.13. The van der Waals surface area contributed by atoms with E-state index in [0.29, 0.717) is 11.3 Å². The first-order valence-corrected chi connectivity index (χ1v) is 7.10. The van der Waals surface area contributed by atoms with Crippen molar-refractivity contribution in [3.05, 3.63) is 75.8 Å². The molecule has 0 heterocycles. The van der Waals surface area contributed by atoms with Crippen LogP contribution in [0.25, 0.3) is 6.08 Å². The average Bonchev–Trinajstić information content (AvgIpc) is 2.59. The van der Waals surface area contributed by atoms with Gasteiger partial charge in [-0.3, -0.25) is 15.4 Å². The molecule has 2 aromatic carbocycles. The number of hydrogen-bond acceptors (Lipinski definition) is 4. The van der Waals surface area contributed by atoms with Gasteiger partial charge in [0.15, 0.2) is 0 Å². The molecule has 0 aliphatic rings. The van der Waals surface area contributed by atoms with E-state index in [1.807, 2.05) is 0 Å². The summed E-state index contributed by atoms with van der Waals surface area (Å²) in [5, 5.41) is 23.6. The Morgan fingerprint density at radius 2 is 1.96 bits per heavy atom. The molecule has 2 rings (SSSR count). The fourth-order valence-electron chi connectivity index (χ4n) is 1.92. The highest BCUT2D eigenvalue weighted by Gasteiger charge is 2.07. The van der Waals surface area contributed by atoms with Gasteiger partial charge in [-0.2, -0.15) is 0 Å². The molecule has 0 aliphatic carbocycles. The van der Waals surface area contributed by atoms with Crippen LogP contribution in [0.2, 0.25) is 0 Å². The standard InChI is InChI=1S/C17H15N2O5/c20-10-2-4-13-3-1-5-15(11-13)18-17(21)24-12-14-6-8-16(9-7-14)19(22)23/h1-9,11H,10,12H2,(H,18,21)/b4-2+. The molecule has 0 aliphatic heterocycles. The Morgan fingerprint density at radius 3 is 2.62 bits per heavy atom. The molecule has 123 valence electrons. The third kappa shape index (κ3) is 5.22. The number of benzene rings is 2. The Bertz CT molecular complexity index is 741. The van der Waals surface area contributed by atoms with E-state index in [1.54, 1.807) is 30.3 Å². The van der Waals surface area contributed by atoms with Gasteiger partial charge in [0.05, 0.1) is 4.92 Å². The Balaban J connectivity index is 1.89. The lowest BCUT2D eigenvalue weighted by atomic mass is 10.2. The number of ether oxygens (including phenoxy) is 1. The van der Waals surface area contributed by atoms with Crippen LogP contribution >= 0.6 is 0 Å². The van der Waals surface area contributed by atoms with E-state index in [0.717, 1.165) is 5.56 Å².